The Kier molecular flexibility index (Phi) is 9.32. The van der Waals surface area contributed by atoms with Gasteiger partial charge >= 0.3 is 0 Å². The van der Waals surface area contributed by atoms with Gasteiger partial charge in [-0.3, -0.25) is 9.89 Å². The first-order valence-electron chi connectivity index (χ1n) is 7.61. The molecule has 9 heteroatoms. The molecule has 1 saturated heterocycles. The molecule has 0 saturated carbocycles. The summed E-state index contributed by atoms with van der Waals surface area (Å²) in [4.78, 5) is 6.32. The van der Waals surface area contributed by atoms with Crippen molar-refractivity contribution in [1.29, 1.82) is 0 Å². The summed E-state index contributed by atoms with van der Waals surface area (Å²) < 4.78 is 22.8. The third-order valence-corrected chi connectivity index (χ3v) is 5.76. The van der Waals surface area contributed by atoms with Gasteiger partial charge in [-0.1, -0.05) is 29.8 Å². The Labute approximate surface area is 166 Å². The van der Waals surface area contributed by atoms with Crippen molar-refractivity contribution in [3.05, 3.63) is 34.9 Å². The molecule has 1 heterocycles. The first kappa shape index (κ1) is 21.5. The maximum Gasteiger partial charge on any atom is 0.191 e. The maximum atomic E-state index is 11.4. The van der Waals surface area contributed by atoms with Crippen molar-refractivity contribution in [1.82, 2.24) is 15.5 Å². The highest BCUT2D eigenvalue weighted by Crippen LogP contribution is 2.14. The molecule has 0 amide bonds. The van der Waals surface area contributed by atoms with Gasteiger partial charge in [0.25, 0.3) is 0 Å². The van der Waals surface area contributed by atoms with E-state index in [9.17, 15) is 8.42 Å². The van der Waals surface area contributed by atoms with Gasteiger partial charge in [0.2, 0.25) is 0 Å². The molecule has 0 aliphatic carbocycles. The molecule has 0 radical (unpaired) electrons. The Bertz CT molecular complexity index is 641. The molecule has 1 fully saturated rings. The molecule has 2 rings (SSSR count). The molecule has 0 atom stereocenters. The zero-order valence-electron chi connectivity index (χ0n) is 13.7. The largest absolute Gasteiger partial charge is 0.355 e. The highest BCUT2D eigenvalue weighted by molar-refractivity contribution is 14.0. The first-order valence-corrected chi connectivity index (χ1v) is 9.81. The smallest absolute Gasteiger partial charge is 0.191 e. The summed E-state index contributed by atoms with van der Waals surface area (Å²) in [6.45, 7) is 3.32. The van der Waals surface area contributed by atoms with E-state index in [2.05, 4.69) is 20.5 Å². The molecule has 1 aliphatic rings. The normalized spacial score (nSPS) is 17.8. The van der Waals surface area contributed by atoms with Gasteiger partial charge in [-0.05, 0) is 11.6 Å². The summed E-state index contributed by atoms with van der Waals surface area (Å²) in [5.74, 6) is 1.22. The van der Waals surface area contributed by atoms with Crippen LogP contribution in [0.4, 0.5) is 0 Å². The van der Waals surface area contributed by atoms with Gasteiger partial charge in [0, 0.05) is 44.8 Å². The standard InChI is InChI=1S/C15H23ClN4O2S.HI/c1-17-15(19-12-13-4-2-3-5-14(13)16)18-6-7-20-8-10-23(21,22)11-9-20;/h2-5H,6-12H2,1H3,(H2,17,18,19);1H. The number of halogens is 2. The van der Waals surface area contributed by atoms with Crippen molar-refractivity contribution < 1.29 is 8.42 Å². The van der Waals surface area contributed by atoms with Crippen LogP contribution in [0.1, 0.15) is 5.56 Å². The molecule has 1 aliphatic heterocycles. The predicted octanol–water partition coefficient (Wildman–Crippen LogP) is 1.35. The minimum Gasteiger partial charge on any atom is -0.355 e. The third-order valence-electron chi connectivity index (χ3n) is 3.79. The molecule has 1 aromatic carbocycles. The van der Waals surface area contributed by atoms with E-state index >= 15 is 0 Å². The van der Waals surface area contributed by atoms with Crippen LogP contribution < -0.4 is 10.6 Å². The number of nitrogens with zero attached hydrogens (tertiary/aromatic N) is 2. The van der Waals surface area contributed by atoms with E-state index in [1.165, 1.54) is 0 Å². The molecular formula is C15H24ClIN4O2S. The first-order chi connectivity index (χ1) is 11.0. The van der Waals surface area contributed by atoms with Crippen molar-refractivity contribution in [3.8, 4) is 0 Å². The molecule has 136 valence electrons. The van der Waals surface area contributed by atoms with Crippen LogP contribution in [0.15, 0.2) is 29.3 Å². The van der Waals surface area contributed by atoms with Crippen LogP contribution in [0.2, 0.25) is 5.02 Å². The van der Waals surface area contributed by atoms with Gasteiger partial charge in [-0.2, -0.15) is 0 Å². The number of aliphatic imine (C=N–C) groups is 1. The summed E-state index contributed by atoms with van der Waals surface area (Å²) in [6.07, 6.45) is 0. The Hall–Kier alpha value is -0.580. The van der Waals surface area contributed by atoms with Crippen molar-refractivity contribution >= 4 is 51.4 Å². The van der Waals surface area contributed by atoms with E-state index in [0.717, 1.165) is 17.1 Å². The van der Waals surface area contributed by atoms with Gasteiger partial charge < -0.3 is 10.6 Å². The summed E-state index contributed by atoms with van der Waals surface area (Å²) in [5, 5.41) is 7.18. The van der Waals surface area contributed by atoms with Gasteiger partial charge in [0.1, 0.15) is 0 Å². The summed E-state index contributed by atoms with van der Waals surface area (Å²) in [5.41, 5.74) is 1.01. The Morgan fingerprint density at radius 2 is 1.92 bits per heavy atom. The second-order valence-electron chi connectivity index (χ2n) is 5.44. The second kappa shape index (κ2) is 10.4. The molecule has 0 unspecified atom stereocenters. The van der Waals surface area contributed by atoms with E-state index in [4.69, 9.17) is 11.6 Å². The Morgan fingerprint density at radius 1 is 1.25 bits per heavy atom. The molecule has 24 heavy (non-hydrogen) atoms. The van der Waals surface area contributed by atoms with Crippen molar-refractivity contribution in [2.24, 2.45) is 4.99 Å². The fourth-order valence-corrected chi connectivity index (χ4v) is 3.83. The molecule has 0 spiro atoms. The lowest BCUT2D eigenvalue weighted by molar-refractivity contribution is 0.299. The lowest BCUT2D eigenvalue weighted by Gasteiger charge is -2.26. The third kappa shape index (κ3) is 7.12. The fourth-order valence-electron chi connectivity index (χ4n) is 2.35. The van der Waals surface area contributed by atoms with Crippen LogP contribution in [0.25, 0.3) is 0 Å². The van der Waals surface area contributed by atoms with Gasteiger partial charge in [0.05, 0.1) is 11.5 Å². The minimum atomic E-state index is -2.82. The number of sulfone groups is 1. The number of benzene rings is 1. The average Bonchev–Trinajstić information content (AvgIpc) is 2.53. The zero-order valence-corrected chi connectivity index (χ0v) is 17.6. The molecular weight excluding hydrogens is 463 g/mol. The van der Waals surface area contributed by atoms with E-state index < -0.39 is 9.84 Å². The number of nitrogens with one attached hydrogen (secondary N) is 2. The van der Waals surface area contributed by atoms with Crippen LogP contribution in [0.5, 0.6) is 0 Å². The fraction of sp³-hybridized carbons (Fsp3) is 0.533. The van der Waals surface area contributed by atoms with Gasteiger partial charge in [-0.15, -0.1) is 24.0 Å². The second-order valence-corrected chi connectivity index (χ2v) is 8.15. The predicted molar refractivity (Wildman–Crippen MR) is 110 cm³/mol. The summed E-state index contributed by atoms with van der Waals surface area (Å²) in [6, 6.07) is 7.68. The maximum absolute atomic E-state index is 11.4. The minimum absolute atomic E-state index is 0. The Balaban J connectivity index is 0.00000288. The monoisotopic (exact) mass is 486 g/mol. The number of hydrogen-bond donors (Lipinski definition) is 2. The van der Waals surface area contributed by atoms with Crippen LogP contribution >= 0.6 is 35.6 Å². The molecule has 2 N–H and O–H groups in total. The number of hydrogen-bond acceptors (Lipinski definition) is 4. The Morgan fingerprint density at radius 3 is 2.54 bits per heavy atom. The summed E-state index contributed by atoms with van der Waals surface area (Å²) in [7, 11) is -1.10. The van der Waals surface area contributed by atoms with Gasteiger partial charge in [0.15, 0.2) is 15.8 Å². The number of rotatable bonds is 5. The average molecular weight is 487 g/mol. The SMILES string of the molecule is CN=C(NCCN1CCS(=O)(=O)CC1)NCc1ccccc1Cl.I. The van der Waals surface area contributed by atoms with Crippen LogP contribution in [0, 0.1) is 0 Å². The van der Waals surface area contributed by atoms with E-state index in [1.54, 1.807) is 7.05 Å². The van der Waals surface area contributed by atoms with Gasteiger partial charge in [-0.25, -0.2) is 8.42 Å². The molecule has 6 nitrogen and oxygen atoms in total. The lowest BCUT2D eigenvalue weighted by Crippen LogP contribution is -2.45. The molecule has 0 aromatic heterocycles. The zero-order chi connectivity index (χ0) is 16.7. The van der Waals surface area contributed by atoms with E-state index in [0.29, 0.717) is 32.1 Å². The lowest BCUT2D eigenvalue weighted by atomic mass is 10.2. The topological polar surface area (TPSA) is 73.8 Å². The van der Waals surface area contributed by atoms with E-state index in [1.807, 2.05) is 24.3 Å². The van der Waals surface area contributed by atoms with E-state index in [-0.39, 0.29) is 35.5 Å². The molecule has 1 aromatic rings. The van der Waals surface area contributed by atoms with Crippen molar-refractivity contribution in [3.63, 3.8) is 0 Å². The van der Waals surface area contributed by atoms with Crippen LogP contribution in [0.3, 0.4) is 0 Å². The van der Waals surface area contributed by atoms with Crippen LogP contribution in [-0.2, 0) is 16.4 Å². The quantitative estimate of drug-likeness (QED) is 0.373. The van der Waals surface area contributed by atoms with Crippen LogP contribution in [-0.4, -0.2) is 64.0 Å². The number of guanidine groups is 1. The molecule has 0 bridgehead atoms. The highest BCUT2D eigenvalue weighted by Gasteiger charge is 2.20. The highest BCUT2D eigenvalue weighted by atomic mass is 127. The van der Waals surface area contributed by atoms with Crippen molar-refractivity contribution in [2.75, 3.05) is 44.7 Å². The summed E-state index contributed by atoms with van der Waals surface area (Å²) >= 11 is 6.12. The van der Waals surface area contributed by atoms with Crippen molar-refractivity contribution in [2.45, 2.75) is 6.54 Å².